The minimum Gasteiger partial charge on any atom is -0.441 e. The van der Waals surface area contributed by atoms with Crippen LogP contribution in [0, 0.1) is 6.92 Å². The van der Waals surface area contributed by atoms with Gasteiger partial charge in [0, 0.05) is 37.6 Å². The summed E-state index contributed by atoms with van der Waals surface area (Å²) in [6, 6.07) is 14.6. The van der Waals surface area contributed by atoms with Gasteiger partial charge in [-0.1, -0.05) is 30.3 Å². The summed E-state index contributed by atoms with van der Waals surface area (Å²) in [6.45, 7) is 4.58. The fourth-order valence-corrected chi connectivity index (χ4v) is 3.06. The predicted molar refractivity (Wildman–Crippen MR) is 103 cm³/mol. The lowest BCUT2D eigenvalue weighted by atomic mass is 10.1. The molecular weight excluding hydrogens is 324 g/mol. The third-order valence-corrected chi connectivity index (χ3v) is 4.61. The van der Waals surface area contributed by atoms with Gasteiger partial charge in [0.15, 0.2) is 0 Å². The first-order valence-electron chi connectivity index (χ1n) is 8.79. The molecule has 4 rings (SSSR count). The number of aryl methyl sites for hydroxylation is 1. The number of benzene rings is 2. The van der Waals surface area contributed by atoms with Gasteiger partial charge in [0.25, 0.3) is 0 Å². The Morgan fingerprint density at radius 2 is 1.96 bits per heavy atom. The highest BCUT2D eigenvalue weighted by molar-refractivity contribution is 5.86. The third-order valence-electron chi connectivity index (χ3n) is 4.61. The average Bonchev–Trinajstić information content (AvgIpc) is 3.30. The highest BCUT2D eigenvalue weighted by Gasteiger charge is 2.13. The molecule has 0 aliphatic rings. The second kappa shape index (κ2) is 7.14. The van der Waals surface area contributed by atoms with Crippen LogP contribution in [0.15, 0.2) is 65.6 Å². The maximum absolute atomic E-state index is 5.95. The molecule has 0 radical (unpaired) electrons. The highest BCUT2D eigenvalue weighted by atomic mass is 16.4. The normalized spacial score (nSPS) is 11.5. The first-order valence-corrected chi connectivity index (χ1v) is 8.79. The molecule has 0 aliphatic heterocycles. The Bertz CT molecular complexity index is 1000. The Hall–Kier alpha value is -2.92. The van der Waals surface area contributed by atoms with E-state index in [4.69, 9.17) is 9.40 Å². The summed E-state index contributed by atoms with van der Waals surface area (Å²) in [5.74, 6) is 1.56. The lowest BCUT2D eigenvalue weighted by Crippen LogP contribution is -2.23. The second-order valence-corrected chi connectivity index (χ2v) is 6.62. The number of aromatic nitrogens is 3. The molecule has 2 aromatic carbocycles. The smallest absolute Gasteiger partial charge is 0.226 e. The molecule has 5 nitrogen and oxygen atoms in total. The molecule has 26 heavy (non-hydrogen) atoms. The van der Waals surface area contributed by atoms with Gasteiger partial charge >= 0.3 is 0 Å². The summed E-state index contributed by atoms with van der Waals surface area (Å²) < 4.78 is 8.02. The van der Waals surface area contributed by atoms with Crippen molar-refractivity contribution in [2.45, 2.75) is 20.0 Å². The fourth-order valence-electron chi connectivity index (χ4n) is 3.06. The van der Waals surface area contributed by atoms with E-state index in [1.165, 1.54) is 10.8 Å². The van der Waals surface area contributed by atoms with Crippen molar-refractivity contribution in [1.29, 1.82) is 0 Å². The first kappa shape index (κ1) is 16.5. The van der Waals surface area contributed by atoms with Gasteiger partial charge in [0.05, 0.1) is 12.0 Å². The van der Waals surface area contributed by atoms with Gasteiger partial charge < -0.3 is 8.98 Å². The molecule has 0 amide bonds. The van der Waals surface area contributed by atoms with E-state index in [0.717, 1.165) is 36.7 Å². The Morgan fingerprint density at radius 1 is 1.12 bits per heavy atom. The fraction of sp³-hybridized carbons (Fsp3) is 0.238. The third kappa shape index (κ3) is 3.53. The van der Waals surface area contributed by atoms with Crippen LogP contribution in [0.5, 0.6) is 0 Å². The van der Waals surface area contributed by atoms with Crippen molar-refractivity contribution in [3.05, 3.63) is 72.6 Å². The second-order valence-electron chi connectivity index (χ2n) is 6.62. The zero-order valence-corrected chi connectivity index (χ0v) is 15.1. The maximum atomic E-state index is 5.95. The SMILES string of the molecule is Cc1oc(-c2ccc3ccccc3c2)nc1CN(C)CCn1ccnc1. The Morgan fingerprint density at radius 3 is 2.77 bits per heavy atom. The molecule has 0 spiro atoms. The Labute approximate surface area is 152 Å². The first-order chi connectivity index (χ1) is 12.7. The molecule has 132 valence electrons. The van der Waals surface area contributed by atoms with Gasteiger partial charge in [-0.3, -0.25) is 4.90 Å². The molecule has 0 fully saturated rings. The van der Waals surface area contributed by atoms with E-state index in [1.807, 2.05) is 25.5 Å². The van der Waals surface area contributed by atoms with E-state index in [2.05, 4.69) is 57.9 Å². The molecule has 4 aromatic rings. The van der Waals surface area contributed by atoms with Crippen molar-refractivity contribution in [3.8, 4) is 11.5 Å². The summed E-state index contributed by atoms with van der Waals surface area (Å²) in [4.78, 5) is 11.1. The summed E-state index contributed by atoms with van der Waals surface area (Å²) >= 11 is 0. The number of imidazole rings is 1. The number of fused-ring (bicyclic) bond motifs is 1. The quantitative estimate of drug-likeness (QED) is 0.527. The largest absolute Gasteiger partial charge is 0.441 e. The molecule has 2 aromatic heterocycles. The molecule has 0 bridgehead atoms. The van der Waals surface area contributed by atoms with Crippen LogP contribution < -0.4 is 0 Å². The molecule has 0 saturated carbocycles. The number of hydrogen-bond donors (Lipinski definition) is 0. The molecule has 0 unspecified atom stereocenters. The zero-order valence-electron chi connectivity index (χ0n) is 15.1. The number of oxazole rings is 1. The van der Waals surface area contributed by atoms with E-state index in [0.29, 0.717) is 5.89 Å². The van der Waals surface area contributed by atoms with Gasteiger partial charge in [0.1, 0.15) is 5.76 Å². The lowest BCUT2D eigenvalue weighted by molar-refractivity contribution is 0.306. The van der Waals surface area contributed by atoms with Crippen molar-refractivity contribution in [2.75, 3.05) is 13.6 Å². The monoisotopic (exact) mass is 346 g/mol. The van der Waals surface area contributed by atoms with Crippen LogP contribution in [-0.4, -0.2) is 33.0 Å². The van der Waals surface area contributed by atoms with Crippen molar-refractivity contribution in [1.82, 2.24) is 19.4 Å². The molecule has 2 heterocycles. The molecule has 0 atom stereocenters. The summed E-state index contributed by atoms with van der Waals surface area (Å²) in [7, 11) is 2.10. The average molecular weight is 346 g/mol. The predicted octanol–water partition coefficient (Wildman–Crippen LogP) is 4.13. The van der Waals surface area contributed by atoms with E-state index in [-0.39, 0.29) is 0 Å². The zero-order chi connectivity index (χ0) is 17.9. The van der Waals surface area contributed by atoms with Crippen LogP contribution in [0.2, 0.25) is 0 Å². The minimum atomic E-state index is 0.686. The van der Waals surface area contributed by atoms with Gasteiger partial charge in [-0.05, 0) is 36.9 Å². The van der Waals surface area contributed by atoms with Crippen LogP contribution in [0.3, 0.4) is 0 Å². The van der Waals surface area contributed by atoms with Crippen molar-refractivity contribution in [2.24, 2.45) is 0 Å². The number of likely N-dealkylation sites (N-methyl/N-ethyl adjacent to an activating group) is 1. The molecule has 0 saturated heterocycles. The number of hydrogen-bond acceptors (Lipinski definition) is 4. The van der Waals surface area contributed by atoms with Gasteiger partial charge in [-0.15, -0.1) is 0 Å². The molecule has 5 heteroatoms. The maximum Gasteiger partial charge on any atom is 0.226 e. The van der Waals surface area contributed by atoms with Crippen LogP contribution in [0.1, 0.15) is 11.5 Å². The lowest BCUT2D eigenvalue weighted by Gasteiger charge is -2.15. The summed E-state index contributed by atoms with van der Waals surface area (Å²) in [5.41, 5.74) is 2.00. The Balaban J connectivity index is 1.49. The van der Waals surface area contributed by atoms with Crippen LogP contribution >= 0.6 is 0 Å². The van der Waals surface area contributed by atoms with Crippen molar-refractivity contribution < 1.29 is 4.42 Å². The molecule has 0 aliphatic carbocycles. The molecular formula is C21H22N4O. The van der Waals surface area contributed by atoms with Gasteiger partial charge in [0.2, 0.25) is 5.89 Å². The van der Waals surface area contributed by atoms with Crippen LogP contribution in [0.4, 0.5) is 0 Å². The highest BCUT2D eigenvalue weighted by Crippen LogP contribution is 2.26. The van der Waals surface area contributed by atoms with E-state index in [9.17, 15) is 0 Å². The van der Waals surface area contributed by atoms with E-state index in [1.54, 1.807) is 6.20 Å². The molecule has 0 N–H and O–H groups in total. The Kier molecular flexibility index (Phi) is 4.54. The van der Waals surface area contributed by atoms with Gasteiger partial charge in [-0.25, -0.2) is 9.97 Å². The summed E-state index contributed by atoms with van der Waals surface area (Å²) in [6.07, 6.45) is 5.62. The minimum absolute atomic E-state index is 0.686. The van der Waals surface area contributed by atoms with Gasteiger partial charge in [-0.2, -0.15) is 0 Å². The van der Waals surface area contributed by atoms with E-state index >= 15 is 0 Å². The summed E-state index contributed by atoms with van der Waals surface area (Å²) in [5, 5.41) is 2.42. The van der Waals surface area contributed by atoms with Crippen molar-refractivity contribution in [3.63, 3.8) is 0 Å². The number of rotatable bonds is 6. The van der Waals surface area contributed by atoms with Crippen LogP contribution in [-0.2, 0) is 13.1 Å². The topological polar surface area (TPSA) is 47.1 Å². The van der Waals surface area contributed by atoms with E-state index < -0.39 is 0 Å². The van der Waals surface area contributed by atoms with Crippen LogP contribution in [0.25, 0.3) is 22.2 Å². The van der Waals surface area contributed by atoms with Crippen molar-refractivity contribution >= 4 is 10.8 Å². The number of nitrogens with zero attached hydrogens (tertiary/aromatic N) is 4. The standard InChI is InChI=1S/C21H22N4O/c1-16-20(14-24(2)11-12-25-10-9-22-15-25)23-21(26-16)19-8-7-17-5-3-4-6-18(17)13-19/h3-10,13,15H,11-12,14H2,1-2H3.